The molecule has 202 valence electrons. The zero-order chi connectivity index (χ0) is 28.0. The number of anilines is 1. The van der Waals surface area contributed by atoms with E-state index in [9.17, 15) is 18.0 Å². The second-order valence-electron chi connectivity index (χ2n) is 8.90. The van der Waals surface area contributed by atoms with Crippen molar-refractivity contribution in [2.75, 3.05) is 10.8 Å². The number of carbonyl (C=O) groups is 2. The Morgan fingerprint density at radius 2 is 1.45 bits per heavy atom. The molecule has 1 atom stereocenters. The highest BCUT2D eigenvalue weighted by atomic mass is 35.5. The van der Waals surface area contributed by atoms with Gasteiger partial charge in [-0.1, -0.05) is 71.2 Å². The van der Waals surface area contributed by atoms with Gasteiger partial charge in [-0.15, -0.1) is 0 Å². The van der Waals surface area contributed by atoms with E-state index >= 15 is 0 Å². The molecular weight excluding hydrogens is 569 g/mol. The van der Waals surface area contributed by atoms with Crippen LogP contribution in [0.25, 0.3) is 0 Å². The van der Waals surface area contributed by atoms with E-state index < -0.39 is 28.5 Å². The predicted octanol–water partition coefficient (Wildman–Crippen LogP) is 5.78. The molecule has 1 N–H and O–H groups in total. The highest BCUT2D eigenvalue weighted by Gasteiger charge is 2.33. The summed E-state index contributed by atoms with van der Waals surface area (Å²) in [5.41, 5.74) is 0.715. The molecule has 3 rings (SSSR count). The molecule has 0 heterocycles. The minimum atomic E-state index is -4.22. The first-order valence-electron chi connectivity index (χ1n) is 11.8. The lowest BCUT2D eigenvalue weighted by Crippen LogP contribution is -2.52. The van der Waals surface area contributed by atoms with Crippen LogP contribution >= 0.6 is 34.8 Å². The van der Waals surface area contributed by atoms with E-state index in [-0.39, 0.29) is 39.1 Å². The molecule has 0 aromatic heterocycles. The van der Waals surface area contributed by atoms with Crippen molar-refractivity contribution in [2.45, 2.75) is 44.3 Å². The Labute approximate surface area is 238 Å². The average Bonchev–Trinajstić information content (AvgIpc) is 2.85. The summed E-state index contributed by atoms with van der Waals surface area (Å²) in [7, 11) is -4.22. The van der Waals surface area contributed by atoms with Crippen molar-refractivity contribution in [3.8, 4) is 0 Å². The van der Waals surface area contributed by atoms with E-state index in [0.29, 0.717) is 10.6 Å². The molecule has 0 aliphatic carbocycles. The summed E-state index contributed by atoms with van der Waals surface area (Å²) in [6, 6.07) is 17.8. The van der Waals surface area contributed by atoms with Crippen molar-refractivity contribution >= 4 is 62.3 Å². The second-order valence-corrected chi connectivity index (χ2v) is 12.0. The molecule has 0 fully saturated rings. The highest BCUT2D eigenvalue weighted by Crippen LogP contribution is 2.30. The van der Waals surface area contributed by atoms with Crippen LogP contribution in [-0.4, -0.2) is 43.8 Å². The Kier molecular flexibility index (Phi) is 10.1. The van der Waals surface area contributed by atoms with Crippen LogP contribution in [0, 0.1) is 0 Å². The SMILES string of the molecule is CC(C)NC(=O)C(C)N(Cc1ccccc1Cl)C(=O)CN(c1cc(Cl)cc(Cl)c1)S(=O)(=O)c1ccccc1. The molecule has 3 aromatic rings. The standard InChI is InChI=1S/C27H28Cl3N3O4S/c1-18(2)31-27(35)19(3)32(16-20-9-7-8-12-25(20)30)26(34)17-33(23-14-21(28)13-22(29)15-23)38(36,37)24-10-5-4-6-11-24/h4-15,18-19H,16-17H2,1-3H3,(H,31,35). The van der Waals surface area contributed by atoms with Crippen molar-refractivity contribution in [3.63, 3.8) is 0 Å². The van der Waals surface area contributed by atoms with Crippen molar-refractivity contribution in [3.05, 3.63) is 93.4 Å². The van der Waals surface area contributed by atoms with Gasteiger partial charge < -0.3 is 10.2 Å². The summed E-state index contributed by atoms with van der Waals surface area (Å²) in [6.07, 6.45) is 0. The third-order valence-corrected chi connectivity index (χ3v) is 8.24. The molecule has 3 aromatic carbocycles. The van der Waals surface area contributed by atoms with Gasteiger partial charge in [0.2, 0.25) is 11.8 Å². The zero-order valence-corrected chi connectivity index (χ0v) is 24.2. The molecule has 0 radical (unpaired) electrons. The van der Waals surface area contributed by atoms with Crippen LogP contribution in [0.4, 0.5) is 5.69 Å². The number of benzene rings is 3. The number of hydrogen-bond acceptors (Lipinski definition) is 4. The fourth-order valence-electron chi connectivity index (χ4n) is 3.73. The average molecular weight is 597 g/mol. The van der Waals surface area contributed by atoms with Crippen LogP contribution in [0.15, 0.2) is 77.7 Å². The topological polar surface area (TPSA) is 86.8 Å². The van der Waals surface area contributed by atoms with Gasteiger partial charge in [0.15, 0.2) is 0 Å². The van der Waals surface area contributed by atoms with E-state index in [2.05, 4.69) is 5.32 Å². The van der Waals surface area contributed by atoms with Crippen LogP contribution in [0.5, 0.6) is 0 Å². The zero-order valence-electron chi connectivity index (χ0n) is 21.1. The quantitative estimate of drug-likeness (QED) is 0.321. The predicted molar refractivity (Wildman–Crippen MR) is 152 cm³/mol. The molecule has 0 aliphatic rings. The van der Waals surface area contributed by atoms with Gasteiger partial charge in [0, 0.05) is 27.7 Å². The number of sulfonamides is 1. The van der Waals surface area contributed by atoms with Gasteiger partial charge in [-0.2, -0.15) is 0 Å². The summed E-state index contributed by atoms with van der Waals surface area (Å²) in [5, 5.41) is 3.62. The van der Waals surface area contributed by atoms with Crippen molar-refractivity contribution in [2.24, 2.45) is 0 Å². The number of rotatable bonds is 10. The van der Waals surface area contributed by atoms with Crippen LogP contribution in [0.2, 0.25) is 15.1 Å². The van der Waals surface area contributed by atoms with Gasteiger partial charge in [-0.05, 0) is 62.7 Å². The number of hydrogen-bond donors (Lipinski definition) is 1. The maximum absolute atomic E-state index is 13.9. The third-order valence-electron chi connectivity index (χ3n) is 5.64. The van der Waals surface area contributed by atoms with E-state index in [1.165, 1.54) is 35.2 Å². The Morgan fingerprint density at radius 3 is 2.03 bits per heavy atom. The summed E-state index contributed by atoms with van der Waals surface area (Å²) in [5.74, 6) is -1.00. The molecule has 7 nitrogen and oxygen atoms in total. The lowest BCUT2D eigenvalue weighted by atomic mass is 10.1. The van der Waals surface area contributed by atoms with E-state index in [4.69, 9.17) is 34.8 Å². The van der Waals surface area contributed by atoms with Crippen LogP contribution < -0.4 is 9.62 Å². The molecule has 0 bridgehead atoms. The Balaban J connectivity index is 2.07. The first kappa shape index (κ1) is 29.8. The Bertz CT molecular complexity index is 1380. The van der Waals surface area contributed by atoms with Gasteiger partial charge >= 0.3 is 0 Å². The Hall–Kier alpha value is -2.78. The lowest BCUT2D eigenvalue weighted by molar-refractivity contribution is -0.139. The number of nitrogens with one attached hydrogen (secondary N) is 1. The summed E-state index contributed by atoms with van der Waals surface area (Å²) in [4.78, 5) is 28.1. The Morgan fingerprint density at radius 1 is 0.868 bits per heavy atom. The largest absolute Gasteiger partial charge is 0.352 e. The van der Waals surface area contributed by atoms with Gasteiger partial charge in [-0.25, -0.2) is 8.42 Å². The monoisotopic (exact) mass is 595 g/mol. The van der Waals surface area contributed by atoms with Gasteiger partial charge in [0.1, 0.15) is 12.6 Å². The van der Waals surface area contributed by atoms with Gasteiger partial charge in [0.25, 0.3) is 10.0 Å². The molecule has 0 aliphatic heterocycles. The minimum Gasteiger partial charge on any atom is -0.352 e. The number of halogens is 3. The van der Waals surface area contributed by atoms with Crippen LogP contribution in [0.3, 0.4) is 0 Å². The first-order chi connectivity index (χ1) is 17.9. The fourth-order valence-corrected chi connectivity index (χ4v) is 5.86. The van der Waals surface area contributed by atoms with Crippen LogP contribution in [-0.2, 0) is 26.2 Å². The third kappa shape index (κ3) is 7.41. The molecule has 0 saturated heterocycles. The van der Waals surface area contributed by atoms with Crippen molar-refractivity contribution in [1.29, 1.82) is 0 Å². The van der Waals surface area contributed by atoms with E-state index in [1.54, 1.807) is 49.4 Å². The molecule has 11 heteroatoms. The molecule has 1 unspecified atom stereocenters. The maximum atomic E-state index is 13.9. The molecular formula is C27H28Cl3N3O4S. The van der Waals surface area contributed by atoms with Crippen LogP contribution in [0.1, 0.15) is 26.3 Å². The number of amides is 2. The second kappa shape index (κ2) is 12.8. The normalized spacial score (nSPS) is 12.2. The van der Waals surface area contributed by atoms with E-state index in [0.717, 1.165) is 4.31 Å². The van der Waals surface area contributed by atoms with Gasteiger partial charge in [-0.3, -0.25) is 13.9 Å². The first-order valence-corrected chi connectivity index (χ1v) is 14.3. The summed E-state index contributed by atoms with van der Waals surface area (Å²) in [6.45, 7) is 4.57. The highest BCUT2D eigenvalue weighted by molar-refractivity contribution is 7.92. The molecule has 0 spiro atoms. The van der Waals surface area contributed by atoms with Crippen molar-refractivity contribution < 1.29 is 18.0 Å². The van der Waals surface area contributed by atoms with Crippen molar-refractivity contribution in [1.82, 2.24) is 10.2 Å². The molecule has 2 amide bonds. The summed E-state index contributed by atoms with van der Waals surface area (Å²) >= 11 is 18.7. The summed E-state index contributed by atoms with van der Waals surface area (Å²) < 4.78 is 28.4. The maximum Gasteiger partial charge on any atom is 0.264 e. The fraction of sp³-hybridized carbons (Fsp3) is 0.259. The number of carbonyl (C=O) groups excluding carboxylic acids is 2. The molecule has 38 heavy (non-hydrogen) atoms. The number of nitrogens with zero attached hydrogens (tertiary/aromatic N) is 2. The smallest absolute Gasteiger partial charge is 0.264 e. The van der Waals surface area contributed by atoms with Gasteiger partial charge in [0.05, 0.1) is 10.6 Å². The minimum absolute atomic E-state index is 0.0132. The molecule has 0 saturated carbocycles. The van der Waals surface area contributed by atoms with E-state index in [1.807, 2.05) is 13.8 Å². The lowest BCUT2D eigenvalue weighted by Gasteiger charge is -2.32.